The van der Waals surface area contributed by atoms with Gasteiger partial charge in [-0.2, -0.15) is 11.8 Å². The summed E-state index contributed by atoms with van der Waals surface area (Å²) in [6, 6.07) is 0.481. The lowest BCUT2D eigenvalue weighted by Crippen LogP contribution is -2.38. The fourth-order valence-electron chi connectivity index (χ4n) is 1.44. The van der Waals surface area contributed by atoms with E-state index in [0.717, 1.165) is 18.7 Å². The van der Waals surface area contributed by atoms with E-state index >= 15 is 0 Å². The lowest BCUT2D eigenvalue weighted by molar-refractivity contribution is -0.131. The van der Waals surface area contributed by atoms with E-state index in [4.69, 9.17) is 0 Å². The average molecular weight is 202 g/mol. The van der Waals surface area contributed by atoms with Crippen molar-refractivity contribution in [1.82, 2.24) is 10.2 Å². The van der Waals surface area contributed by atoms with Crippen molar-refractivity contribution in [3.63, 3.8) is 0 Å². The van der Waals surface area contributed by atoms with E-state index in [1.54, 1.807) is 0 Å². The van der Waals surface area contributed by atoms with Crippen LogP contribution in [0.5, 0.6) is 0 Å². The number of thioether (sulfide) groups is 1. The van der Waals surface area contributed by atoms with Crippen molar-refractivity contribution in [3.8, 4) is 0 Å². The molecule has 1 aliphatic heterocycles. The molecule has 1 fully saturated rings. The first kappa shape index (κ1) is 10.9. The lowest BCUT2D eigenvalue weighted by Gasteiger charge is -2.23. The minimum absolute atomic E-state index is 0.266. The van der Waals surface area contributed by atoms with Gasteiger partial charge in [0.25, 0.3) is 0 Å². The minimum Gasteiger partial charge on any atom is -0.342 e. The Morgan fingerprint density at radius 1 is 1.69 bits per heavy atom. The first-order valence-electron chi connectivity index (χ1n) is 4.73. The summed E-state index contributed by atoms with van der Waals surface area (Å²) >= 11 is 1.94. The molecule has 0 aromatic heterocycles. The van der Waals surface area contributed by atoms with Gasteiger partial charge in [-0.3, -0.25) is 4.79 Å². The van der Waals surface area contributed by atoms with Crippen LogP contribution in [0.1, 0.15) is 12.8 Å². The van der Waals surface area contributed by atoms with E-state index in [0.29, 0.717) is 12.5 Å². The Kier molecular flexibility index (Phi) is 4.59. The van der Waals surface area contributed by atoms with Gasteiger partial charge in [0.1, 0.15) is 0 Å². The van der Waals surface area contributed by atoms with Crippen molar-refractivity contribution in [2.45, 2.75) is 18.9 Å². The third-order valence-corrected chi connectivity index (χ3v) is 3.58. The van der Waals surface area contributed by atoms with Gasteiger partial charge in [-0.1, -0.05) is 0 Å². The molecular weight excluding hydrogens is 184 g/mol. The van der Waals surface area contributed by atoms with Crippen LogP contribution in [0.25, 0.3) is 0 Å². The van der Waals surface area contributed by atoms with Crippen molar-refractivity contribution >= 4 is 17.7 Å². The number of nitrogens with one attached hydrogen (secondary N) is 1. The van der Waals surface area contributed by atoms with Crippen molar-refractivity contribution in [1.29, 1.82) is 0 Å². The Hall–Kier alpha value is -0.220. The van der Waals surface area contributed by atoms with Crippen LogP contribution in [0.15, 0.2) is 0 Å². The minimum atomic E-state index is 0.266. The average Bonchev–Trinajstić information content (AvgIpc) is 2.65. The number of carbonyl (C=O) groups excluding carboxylic acids is 1. The maximum atomic E-state index is 11.6. The molecule has 0 aromatic carbocycles. The molecule has 13 heavy (non-hydrogen) atoms. The summed E-state index contributed by atoms with van der Waals surface area (Å²) in [5.41, 5.74) is 0. The molecule has 1 atom stereocenters. The van der Waals surface area contributed by atoms with E-state index in [-0.39, 0.29) is 5.91 Å². The first-order chi connectivity index (χ1) is 6.25. The van der Waals surface area contributed by atoms with Gasteiger partial charge < -0.3 is 10.2 Å². The predicted octanol–water partition coefficient (Wildman–Crippen LogP) is 0.560. The Labute approximate surface area is 84.2 Å². The largest absolute Gasteiger partial charge is 0.342 e. The number of hydrogen-bond donors (Lipinski definition) is 1. The van der Waals surface area contributed by atoms with E-state index in [1.165, 1.54) is 5.75 Å². The van der Waals surface area contributed by atoms with Crippen LogP contribution in [0, 0.1) is 0 Å². The van der Waals surface area contributed by atoms with Gasteiger partial charge in [-0.15, -0.1) is 0 Å². The van der Waals surface area contributed by atoms with Crippen LogP contribution in [-0.4, -0.2) is 49.0 Å². The van der Waals surface area contributed by atoms with Crippen molar-refractivity contribution in [2.75, 3.05) is 32.1 Å². The molecule has 1 amide bonds. The molecule has 76 valence electrons. The topological polar surface area (TPSA) is 32.3 Å². The van der Waals surface area contributed by atoms with Crippen LogP contribution >= 0.6 is 11.8 Å². The van der Waals surface area contributed by atoms with E-state index in [2.05, 4.69) is 5.32 Å². The van der Waals surface area contributed by atoms with Crippen molar-refractivity contribution in [2.24, 2.45) is 0 Å². The number of hydrogen-bond acceptors (Lipinski definition) is 3. The highest BCUT2D eigenvalue weighted by molar-refractivity contribution is 7.99. The molecular formula is C9H18N2OS. The van der Waals surface area contributed by atoms with E-state index < -0.39 is 0 Å². The van der Waals surface area contributed by atoms with Gasteiger partial charge in [0.05, 0.1) is 0 Å². The number of nitrogens with zero attached hydrogens (tertiary/aromatic N) is 1. The summed E-state index contributed by atoms with van der Waals surface area (Å²) in [4.78, 5) is 13.5. The molecule has 1 rings (SSSR count). The molecule has 1 aliphatic rings. The second kappa shape index (κ2) is 5.50. The maximum Gasteiger partial charge on any atom is 0.223 e. The van der Waals surface area contributed by atoms with Crippen molar-refractivity contribution in [3.05, 3.63) is 0 Å². The summed E-state index contributed by atoms with van der Waals surface area (Å²) in [6.07, 6.45) is 1.78. The SMILES string of the molecule is CNCCC(=O)N(C)C1CCSC1. The molecule has 1 saturated heterocycles. The predicted molar refractivity (Wildman–Crippen MR) is 57.0 cm³/mol. The van der Waals surface area contributed by atoms with Gasteiger partial charge >= 0.3 is 0 Å². The second-order valence-electron chi connectivity index (χ2n) is 3.38. The van der Waals surface area contributed by atoms with Gasteiger partial charge in [-0.05, 0) is 19.2 Å². The van der Waals surface area contributed by atoms with Crippen LogP contribution in [-0.2, 0) is 4.79 Å². The molecule has 0 radical (unpaired) electrons. The highest BCUT2D eigenvalue weighted by Crippen LogP contribution is 2.21. The Morgan fingerprint density at radius 2 is 2.46 bits per heavy atom. The Balaban J connectivity index is 2.28. The first-order valence-corrected chi connectivity index (χ1v) is 5.89. The van der Waals surface area contributed by atoms with Gasteiger partial charge in [0.2, 0.25) is 5.91 Å². The lowest BCUT2D eigenvalue weighted by atomic mass is 10.2. The zero-order valence-corrected chi connectivity index (χ0v) is 9.19. The van der Waals surface area contributed by atoms with Crippen molar-refractivity contribution < 1.29 is 4.79 Å². The third-order valence-electron chi connectivity index (χ3n) is 2.44. The van der Waals surface area contributed by atoms with Crippen LogP contribution in [0.2, 0.25) is 0 Å². The van der Waals surface area contributed by atoms with E-state index in [9.17, 15) is 4.79 Å². The quantitative estimate of drug-likeness (QED) is 0.723. The molecule has 3 nitrogen and oxygen atoms in total. The third kappa shape index (κ3) is 3.19. The van der Waals surface area contributed by atoms with E-state index in [1.807, 2.05) is 30.8 Å². The summed E-state index contributed by atoms with van der Waals surface area (Å²) in [5, 5.41) is 2.99. The summed E-state index contributed by atoms with van der Waals surface area (Å²) in [5.74, 6) is 2.58. The fraction of sp³-hybridized carbons (Fsp3) is 0.889. The van der Waals surface area contributed by atoms with Gasteiger partial charge in [0, 0.05) is 31.8 Å². The highest BCUT2D eigenvalue weighted by atomic mass is 32.2. The number of amides is 1. The number of rotatable bonds is 4. The standard InChI is InChI=1S/C9H18N2OS/c1-10-5-3-9(12)11(2)8-4-6-13-7-8/h8,10H,3-7H2,1-2H3. The molecule has 0 spiro atoms. The van der Waals surface area contributed by atoms with Crippen LogP contribution in [0.3, 0.4) is 0 Å². The molecule has 4 heteroatoms. The molecule has 1 N–H and O–H groups in total. The monoisotopic (exact) mass is 202 g/mol. The second-order valence-corrected chi connectivity index (χ2v) is 4.53. The molecule has 1 heterocycles. The zero-order chi connectivity index (χ0) is 9.68. The molecule has 0 saturated carbocycles. The molecule has 0 aliphatic carbocycles. The van der Waals surface area contributed by atoms with Gasteiger partial charge in [-0.25, -0.2) is 0 Å². The summed E-state index contributed by atoms with van der Waals surface area (Å²) < 4.78 is 0. The maximum absolute atomic E-state index is 11.6. The fourth-order valence-corrected chi connectivity index (χ4v) is 2.71. The smallest absolute Gasteiger partial charge is 0.223 e. The normalized spacial score (nSPS) is 21.8. The molecule has 0 bridgehead atoms. The van der Waals surface area contributed by atoms with Crippen LogP contribution < -0.4 is 5.32 Å². The summed E-state index contributed by atoms with van der Waals surface area (Å²) in [6.45, 7) is 0.781. The van der Waals surface area contributed by atoms with Crippen LogP contribution in [0.4, 0.5) is 0 Å². The summed E-state index contributed by atoms with van der Waals surface area (Å²) in [7, 11) is 3.80. The Morgan fingerprint density at radius 3 is 3.00 bits per heavy atom. The molecule has 0 aromatic rings. The zero-order valence-electron chi connectivity index (χ0n) is 8.38. The highest BCUT2D eigenvalue weighted by Gasteiger charge is 2.22. The van der Waals surface area contributed by atoms with Gasteiger partial charge in [0.15, 0.2) is 0 Å². The number of carbonyl (C=O) groups is 1. The Bertz CT molecular complexity index is 169. The molecule has 1 unspecified atom stereocenters.